The lowest BCUT2D eigenvalue weighted by Gasteiger charge is -2.21. The maximum absolute atomic E-state index is 12.6. The van der Waals surface area contributed by atoms with Crippen molar-refractivity contribution in [2.24, 2.45) is 0 Å². The molecule has 2 aromatic rings. The molecule has 6 nitrogen and oxygen atoms in total. The number of nitrogens with zero attached hydrogens (tertiary/aromatic N) is 1. The molecule has 0 bridgehead atoms. The second kappa shape index (κ2) is 11.9. The maximum atomic E-state index is 12.6. The Balaban J connectivity index is 1.93. The van der Waals surface area contributed by atoms with Gasteiger partial charge in [-0.05, 0) is 80.5 Å². The van der Waals surface area contributed by atoms with E-state index in [2.05, 4.69) is 24.5 Å². The predicted octanol–water partition coefficient (Wildman–Crippen LogP) is 4.47. The Bertz CT molecular complexity index is 845. The molecule has 0 aromatic heterocycles. The molecule has 0 saturated heterocycles. The van der Waals surface area contributed by atoms with Crippen LogP contribution in [0.1, 0.15) is 54.3 Å². The molecule has 2 amide bonds. The highest BCUT2D eigenvalue weighted by atomic mass is 32.1. The van der Waals surface area contributed by atoms with Crippen molar-refractivity contribution in [2.75, 3.05) is 25.0 Å². The molecule has 0 unspecified atom stereocenters. The Morgan fingerprint density at radius 3 is 2.00 bits per heavy atom. The SMILES string of the molecule is CCCN(CCC)C(=O)c1ccc(NC(=S)NC(=O)c2ccc(OCC)cc2)cc1. The number of hydrogen-bond donors (Lipinski definition) is 2. The first kappa shape index (κ1) is 23.3. The number of hydrogen-bond acceptors (Lipinski definition) is 4. The van der Waals surface area contributed by atoms with Crippen molar-refractivity contribution in [3.8, 4) is 5.75 Å². The van der Waals surface area contributed by atoms with Crippen molar-refractivity contribution in [1.82, 2.24) is 10.2 Å². The van der Waals surface area contributed by atoms with Gasteiger partial charge in [0.15, 0.2) is 5.11 Å². The van der Waals surface area contributed by atoms with E-state index in [9.17, 15) is 9.59 Å². The van der Waals surface area contributed by atoms with Crippen LogP contribution in [0, 0.1) is 0 Å². The summed E-state index contributed by atoms with van der Waals surface area (Å²) in [4.78, 5) is 26.8. The number of rotatable bonds is 9. The average molecular weight is 428 g/mol. The molecule has 0 aliphatic carbocycles. The van der Waals surface area contributed by atoms with Gasteiger partial charge in [0.05, 0.1) is 6.61 Å². The summed E-state index contributed by atoms with van der Waals surface area (Å²) in [5.74, 6) is 0.426. The molecule has 0 fully saturated rings. The third-order valence-corrected chi connectivity index (χ3v) is 4.52. The van der Waals surface area contributed by atoms with Crippen molar-refractivity contribution < 1.29 is 14.3 Å². The third-order valence-electron chi connectivity index (χ3n) is 4.32. The van der Waals surface area contributed by atoms with Crippen molar-refractivity contribution in [1.29, 1.82) is 0 Å². The van der Waals surface area contributed by atoms with E-state index in [4.69, 9.17) is 17.0 Å². The second-order valence-corrected chi connectivity index (χ2v) is 7.14. The number of thiocarbonyl (C=S) groups is 1. The number of carbonyl (C=O) groups excluding carboxylic acids is 2. The Hall–Kier alpha value is -2.93. The maximum Gasteiger partial charge on any atom is 0.257 e. The fourth-order valence-corrected chi connectivity index (χ4v) is 3.15. The molecule has 160 valence electrons. The zero-order chi connectivity index (χ0) is 21.9. The van der Waals surface area contributed by atoms with Crippen molar-refractivity contribution in [3.63, 3.8) is 0 Å². The van der Waals surface area contributed by atoms with Crippen LogP contribution in [0.25, 0.3) is 0 Å². The van der Waals surface area contributed by atoms with Gasteiger partial charge < -0.3 is 15.0 Å². The van der Waals surface area contributed by atoms with Crippen molar-refractivity contribution >= 4 is 34.8 Å². The van der Waals surface area contributed by atoms with Gasteiger partial charge in [-0.25, -0.2) is 0 Å². The number of ether oxygens (including phenoxy) is 1. The monoisotopic (exact) mass is 427 g/mol. The molecule has 0 saturated carbocycles. The molecular weight excluding hydrogens is 398 g/mol. The minimum absolute atomic E-state index is 0.0247. The van der Waals surface area contributed by atoms with E-state index in [-0.39, 0.29) is 16.9 Å². The average Bonchev–Trinajstić information content (AvgIpc) is 2.74. The first-order valence-electron chi connectivity index (χ1n) is 10.2. The van der Waals surface area contributed by atoms with E-state index < -0.39 is 0 Å². The molecule has 7 heteroatoms. The van der Waals surface area contributed by atoms with E-state index in [0.717, 1.165) is 25.9 Å². The smallest absolute Gasteiger partial charge is 0.257 e. The standard InChI is InChI=1S/C23H29N3O3S/c1-4-15-26(16-5-2)22(28)18-7-11-19(12-8-18)24-23(30)25-21(27)17-9-13-20(14-10-17)29-6-3/h7-14H,4-6,15-16H2,1-3H3,(H2,24,25,27,30). The summed E-state index contributed by atoms with van der Waals surface area (Å²) in [7, 11) is 0. The molecule has 2 aromatic carbocycles. The van der Waals surface area contributed by atoms with Gasteiger partial charge in [0, 0.05) is 29.9 Å². The highest BCUT2D eigenvalue weighted by molar-refractivity contribution is 7.80. The number of carbonyl (C=O) groups is 2. The molecule has 0 spiro atoms. The summed E-state index contributed by atoms with van der Waals surface area (Å²) in [6, 6.07) is 13.9. The van der Waals surface area contributed by atoms with Crippen LogP contribution in [-0.4, -0.2) is 41.5 Å². The van der Waals surface area contributed by atoms with Gasteiger partial charge in [-0.15, -0.1) is 0 Å². The fourth-order valence-electron chi connectivity index (χ4n) is 2.94. The molecule has 2 rings (SSSR count). The normalized spacial score (nSPS) is 10.2. The Labute approximate surface area is 183 Å². The van der Waals surface area contributed by atoms with E-state index in [1.807, 2.05) is 11.8 Å². The number of amides is 2. The zero-order valence-electron chi connectivity index (χ0n) is 17.7. The summed E-state index contributed by atoms with van der Waals surface area (Å²) in [6.45, 7) is 8.08. The van der Waals surface area contributed by atoms with Crippen molar-refractivity contribution in [3.05, 3.63) is 59.7 Å². The second-order valence-electron chi connectivity index (χ2n) is 6.74. The van der Waals surface area contributed by atoms with Crippen LogP contribution in [0.2, 0.25) is 0 Å². The minimum atomic E-state index is -0.308. The molecule has 0 aliphatic rings. The largest absolute Gasteiger partial charge is 0.494 e. The predicted molar refractivity (Wildman–Crippen MR) is 124 cm³/mol. The number of benzene rings is 2. The molecule has 2 N–H and O–H groups in total. The lowest BCUT2D eigenvalue weighted by atomic mass is 10.1. The van der Waals surface area contributed by atoms with Crippen LogP contribution < -0.4 is 15.4 Å². The Kier molecular flexibility index (Phi) is 9.28. The summed E-state index contributed by atoms with van der Waals surface area (Å²) < 4.78 is 5.37. The first-order chi connectivity index (χ1) is 14.5. The van der Waals surface area contributed by atoms with E-state index in [1.165, 1.54) is 0 Å². The quantitative estimate of drug-likeness (QED) is 0.578. The summed E-state index contributed by atoms with van der Waals surface area (Å²) >= 11 is 5.23. The molecule has 0 heterocycles. The molecule has 0 atom stereocenters. The zero-order valence-corrected chi connectivity index (χ0v) is 18.6. The molecule has 30 heavy (non-hydrogen) atoms. The number of nitrogens with one attached hydrogen (secondary N) is 2. The van der Waals surface area contributed by atoms with E-state index >= 15 is 0 Å². The van der Waals surface area contributed by atoms with Gasteiger partial charge in [0.1, 0.15) is 5.75 Å². The van der Waals surface area contributed by atoms with Crippen LogP contribution in [0.4, 0.5) is 5.69 Å². The van der Waals surface area contributed by atoms with Gasteiger partial charge in [0.25, 0.3) is 11.8 Å². The Morgan fingerprint density at radius 2 is 1.47 bits per heavy atom. The molecular formula is C23H29N3O3S. The Morgan fingerprint density at radius 1 is 0.900 bits per heavy atom. The lowest BCUT2D eigenvalue weighted by molar-refractivity contribution is 0.0755. The van der Waals surface area contributed by atoms with Crippen LogP contribution in [0.15, 0.2) is 48.5 Å². The van der Waals surface area contributed by atoms with Gasteiger partial charge in [-0.1, -0.05) is 13.8 Å². The fraction of sp³-hybridized carbons (Fsp3) is 0.348. The summed E-state index contributed by atoms with van der Waals surface area (Å²) in [5, 5.41) is 5.81. The highest BCUT2D eigenvalue weighted by Crippen LogP contribution is 2.14. The lowest BCUT2D eigenvalue weighted by Crippen LogP contribution is -2.34. The van der Waals surface area contributed by atoms with Crippen LogP contribution >= 0.6 is 12.2 Å². The third kappa shape index (κ3) is 6.84. The van der Waals surface area contributed by atoms with Crippen molar-refractivity contribution in [2.45, 2.75) is 33.6 Å². The van der Waals surface area contributed by atoms with Gasteiger partial charge in [-0.2, -0.15) is 0 Å². The number of anilines is 1. The molecule has 0 aliphatic heterocycles. The van der Waals surface area contributed by atoms with Crippen LogP contribution in [-0.2, 0) is 0 Å². The minimum Gasteiger partial charge on any atom is -0.494 e. The molecule has 0 radical (unpaired) electrons. The van der Waals surface area contributed by atoms with Crippen LogP contribution in [0.5, 0.6) is 5.75 Å². The van der Waals surface area contributed by atoms with Crippen LogP contribution in [0.3, 0.4) is 0 Å². The summed E-state index contributed by atoms with van der Waals surface area (Å²) in [5.41, 5.74) is 1.81. The van der Waals surface area contributed by atoms with E-state index in [1.54, 1.807) is 48.5 Å². The van der Waals surface area contributed by atoms with E-state index in [0.29, 0.717) is 29.2 Å². The van der Waals surface area contributed by atoms with Gasteiger partial charge in [-0.3, -0.25) is 14.9 Å². The summed E-state index contributed by atoms with van der Waals surface area (Å²) in [6.07, 6.45) is 1.85. The highest BCUT2D eigenvalue weighted by Gasteiger charge is 2.14. The topological polar surface area (TPSA) is 70.7 Å². The first-order valence-corrected chi connectivity index (χ1v) is 10.6. The van der Waals surface area contributed by atoms with Gasteiger partial charge in [0.2, 0.25) is 0 Å². The van der Waals surface area contributed by atoms with Gasteiger partial charge >= 0.3 is 0 Å².